The Morgan fingerprint density at radius 3 is 2.19 bits per heavy atom. The van der Waals surface area contributed by atoms with Crippen LogP contribution in [0.3, 0.4) is 0 Å². The maximum atomic E-state index is 2.44. The largest absolute Gasteiger partial charge is 0.322 e. The van der Waals surface area contributed by atoms with E-state index in [0.29, 0.717) is 0 Å². The molecular weight excluding hydrogens is 256 g/mol. The van der Waals surface area contributed by atoms with E-state index in [9.17, 15) is 0 Å². The molecule has 0 bridgehead atoms. The average molecular weight is 290 g/mol. The van der Waals surface area contributed by atoms with Gasteiger partial charge in [-0.15, -0.1) is 0 Å². The standard InChI is InChI=1S/C19H34N2/c1-6-21(5,7-2)15-14-20(3,4)19-13-12-17-10-8-9-11-18(17)16-19/h8-11,19H,6-7,12-16H2,1-5H3/q+2. The van der Waals surface area contributed by atoms with Gasteiger partial charge in [-0.1, -0.05) is 24.3 Å². The van der Waals surface area contributed by atoms with Crippen molar-refractivity contribution in [1.82, 2.24) is 0 Å². The lowest BCUT2D eigenvalue weighted by Crippen LogP contribution is -2.57. The van der Waals surface area contributed by atoms with Crippen LogP contribution < -0.4 is 0 Å². The second kappa shape index (κ2) is 6.50. The predicted molar refractivity (Wildman–Crippen MR) is 91.4 cm³/mol. The number of fused-ring (bicyclic) bond motifs is 1. The number of rotatable bonds is 6. The molecule has 2 rings (SSSR count). The zero-order valence-corrected chi connectivity index (χ0v) is 14.7. The van der Waals surface area contributed by atoms with Crippen molar-refractivity contribution < 1.29 is 8.97 Å². The van der Waals surface area contributed by atoms with Crippen LogP contribution >= 0.6 is 0 Å². The van der Waals surface area contributed by atoms with E-state index in [1.165, 1.54) is 54.4 Å². The Hall–Kier alpha value is -0.860. The molecule has 0 amide bonds. The van der Waals surface area contributed by atoms with Crippen LogP contribution in [0.1, 0.15) is 31.4 Å². The molecular formula is C19H34N2+2. The van der Waals surface area contributed by atoms with E-state index < -0.39 is 0 Å². The van der Waals surface area contributed by atoms with Gasteiger partial charge in [0, 0.05) is 12.8 Å². The summed E-state index contributed by atoms with van der Waals surface area (Å²) in [4.78, 5) is 0. The molecule has 0 spiro atoms. The fourth-order valence-electron chi connectivity index (χ4n) is 3.50. The molecule has 0 aromatic heterocycles. The maximum absolute atomic E-state index is 2.44. The summed E-state index contributed by atoms with van der Waals surface area (Å²) < 4.78 is 2.37. The van der Waals surface area contributed by atoms with Crippen LogP contribution in [0, 0.1) is 0 Å². The SMILES string of the molecule is CC[N+](C)(CC)CC[N+](C)(C)C1CCc2ccccc2C1. The van der Waals surface area contributed by atoms with Crippen LogP contribution in [-0.4, -0.2) is 62.3 Å². The minimum absolute atomic E-state index is 0.780. The van der Waals surface area contributed by atoms with Crippen molar-refractivity contribution in [2.45, 2.75) is 39.2 Å². The number of hydrogen-bond acceptors (Lipinski definition) is 0. The third-order valence-electron chi connectivity index (χ3n) is 6.05. The number of aryl methyl sites for hydroxylation is 1. The lowest BCUT2D eigenvalue weighted by Gasteiger charge is -2.43. The summed E-state index contributed by atoms with van der Waals surface area (Å²) in [5.74, 6) is 0. The van der Waals surface area contributed by atoms with Gasteiger partial charge in [-0.2, -0.15) is 0 Å². The third kappa shape index (κ3) is 3.87. The van der Waals surface area contributed by atoms with Gasteiger partial charge in [-0.25, -0.2) is 0 Å². The van der Waals surface area contributed by atoms with E-state index in [-0.39, 0.29) is 0 Å². The molecule has 1 unspecified atom stereocenters. The Bertz CT molecular complexity index is 460. The highest BCUT2D eigenvalue weighted by Crippen LogP contribution is 2.27. The molecule has 0 radical (unpaired) electrons. The number of quaternary nitrogens is 2. The molecule has 0 saturated heterocycles. The van der Waals surface area contributed by atoms with Crippen LogP contribution in [0.2, 0.25) is 0 Å². The summed E-state index contributed by atoms with van der Waals surface area (Å²) in [6.07, 6.45) is 3.85. The van der Waals surface area contributed by atoms with Gasteiger partial charge >= 0.3 is 0 Å². The van der Waals surface area contributed by atoms with Gasteiger partial charge in [0.15, 0.2) is 0 Å². The first-order chi connectivity index (χ1) is 9.90. The van der Waals surface area contributed by atoms with Gasteiger partial charge in [0.2, 0.25) is 0 Å². The van der Waals surface area contributed by atoms with Crippen molar-refractivity contribution in [3.8, 4) is 0 Å². The third-order valence-corrected chi connectivity index (χ3v) is 6.05. The van der Waals surface area contributed by atoms with E-state index in [1.54, 1.807) is 11.1 Å². The van der Waals surface area contributed by atoms with Crippen molar-refractivity contribution in [1.29, 1.82) is 0 Å². The van der Waals surface area contributed by atoms with Crippen LogP contribution in [0.5, 0.6) is 0 Å². The molecule has 0 saturated carbocycles. The van der Waals surface area contributed by atoms with E-state index >= 15 is 0 Å². The van der Waals surface area contributed by atoms with Crippen LogP contribution in [0.15, 0.2) is 24.3 Å². The fraction of sp³-hybridized carbons (Fsp3) is 0.684. The minimum atomic E-state index is 0.780. The number of hydrogen-bond donors (Lipinski definition) is 0. The van der Waals surface area contributed by atoms with Crippen molar-refractivity contribution in [2.24, 2.45) is 0 Å². The van der Waals surface area contributed by atoms with E-state index in [2.05, 4.69) is 59.3 Å². The summed E-state index contributed by atoms with van der Waals surface area (Å²) in [6, 6.07) is 9.81. The summed E-state index contributed by atoms with van der Waals surface area (Å²) in [7, 11) is 7.28. The Morgan fingerprint density at radius 1 is 0.952 bits per heavy atom. The second-order valence-electron chi connectivity index (χ2n) is 7.64. The summed E-state index contributed by atoms with van der Waals surface area (Å²) >= 11 is 0. The highest BCUT2D eigenvalue weighted by molar-refractivity contribution is 5.29. The van der Waals surface area contributed by atoms with Crippen LogP contribution in [0.4, 0.5) is 0 Å². The van der Waals surface area contributed by atoms with E-state index in [4.69, 9.17) is 0 Å². The molecule has 0 fully saturated rings. The monoisotopic (exact) mass is 290 g/mol. The normalized spacial score (nSPS) is 19.4. The molecule has 0 heterocycles. The van der Waals surface area contributed by atoms with Crippen LogP contribution in [0.25, 0.3) is 0 Å². The van der Waals surface area contributed by atoms with Crippen LogP contribution in [-0.2, 0) is 12.8 Å². The Balaban J connectivity index is 2.01. The van der Waals surface area contributed by atoms with Gasteiger partial charge < -0.3 is 8.97 Å². The molecule has 1 aliphatic carbocycles. The lowest BCUT2D eigenvalue weighted by molar-refractivity contribution is -0.965. The molecule has 1 aromatic carbocycles. The summed E-state index contributed by atoms with van der Waals surface area (Å²) in [6.45, 7) is 9.69. The molecule has 2 heteroatoms. The van der Waals surface area contributed by atoms with Crippen molar-refractivity contribution in [2.75, 3.05) is 47.3 Å². The fourth-order valence-corrected chi connectivity index (χ4v) is 3.50. The number of likely N-dealkylation sites (N-methyl/N-ethyl adjacent to an activating group) is 2. The van der Waals surface area contributed by atoms with Crippen molar-refractivity contribution in [3.05, 3.63) is 35.4 Å². The molecule has 21 heavy (non-hydrogen) atoms. The number of nitrogens with zero attached hydrogens (tertiary/aromatic N) is 2. The highest BCUT2D eigenvalue weighted by atomic mass is 15.4. The highest BCUT2D eigenvalue weighted by Gasteiger charge is 2.33. The van der Waals surface area contributed by atoms with Gasteiger partial charge in [-0.3, -0.25) is 0 Å². The molecule has 0 N–H and O–H groups in total. The van der Waals surface area contributed by atoms with Gasteiger partial charge in [-0.05, 0) is 31.4 Å². The average Bonchev–Trinajstić information content (AvgIpc) is 2.52. The maximum Gasteiger partial charge on any atom is 0.128 e. The topological polar surface area (TPSA) is 0 Å². The molecule has 1 aliphatic rings. The zero-order valence-electron chi connectivity index (χ0n) is 14.7. The molecule has 0 aliphatic heterocycles. The first-order valence-electron chi connectivity index (χ1n) is 8.63. The first kappa shape index (κ1) is 16.5. The molecule has 1 atom stereocenters. The van der Waals surface area contributed by atoms with Gasteiger partial charge in [0.05, 0.1) is 40.3 Å². The molecule has 118 valence electrons. The smallest absolute Gasteiger partial charge is 0.128 e. The van der Waals surface area contributed by atoms with E-state index in [0.717, 1.165) is 6.04 Å². The number of benzene rings is 1. The second-order valence-corrected chi connectivity index (χ2v) is 7.64. The minimum Gasteiger partial charge on any atom is -0.322 e. The predicted octanol–water partition coefficient (Wildman–Crippen LogP) is 3.11. The summed E-state index contributed by atoms with van der Waals surface area (Å²) in [5.41, 5.74) is 3.17. The Kier molecular flexibility index (Phi) is 5.11. The van der Waals surface area contributed by atoms with Crippen molar-refractivity contribution >= 4 is 0 Å². The van der Waals surface area contributed by atoms with Crippen molar-refractivity contribution in [3.63, 3.8) is 0 Å². The zero-order chi connectivity index (χ0) is 15.5. The molecule has 1 aromatic rings. The van der Waals surface area contributed by atoms with E-state index in [1.807, 2.05) is 0 Å². The Morgan fingerprint density at radius 2 is 1.57 bits per heavy atom. The quantitative estimate of drug-likeness (QED) is 0.706. The van der Waals surface area contributed by atoms with Gasteiger partial charge in [0.25, 0.3) is 0 Å². The first-order valence-corrected chi connectivity index (χ1v) is 8.63. The lowest BCUT2D eigenvalue weighted by atomic mass is 9.87. The van der Waals surface area contributed by atoms with Gasteiger partial charge in [0.1, 0.15) is 13.1 Å². The molecule has 2 nitrogen and oxygen atoms in total. The Labute approximate surface area is 131 Å². The summed E-state index contributed by atoms with van der Waals surface area (Å²) in [5, 5.41) is 0.